The number of ether oxygens (including phenoxy) is 1. The summed E-state index contributed by atoms with van der Waals surface area (Å²) in [5.41, 5.74) is -0.414. The lowest BCUT2D eigenvalue weighted by Gasteiger charge is -2.10. The van der Waals surface area contributed by atoms with Gasteiger partial charge in [0.1, 0.15) is 5.82 Å². The summed E-state index contributed by atoms with van der Waals surface area (Å²) in [6.07, 6.45) is -5.50. The fourth-order valence-corrected chi connectivity index (χ4v) is 2.06. The van der Waals surface area contributed by atoms with Gasteiger partial charge in [0.25, 0.3) is 0 Å². The molecule has 0 saturated heterocycles. The molecule has 0 radical (unpaired) electrons. The molecule has 0 heterocycles. The summed E-state index contributed by atoms with van der Waals surface area (Å²) >= 11 is 0. The van der Waals surface area contributed by atoms with Crippen molar-refractivity contribution in [3.05, 3.63) is 59.4 Å². The van der Waals surface area contributed by atoms with E-state index in [1.807, 2.05) is 0 Å². The van der Waals surface area contributed by atoms with Crippen molar-refractivity contribution in [3.8, 4) is 0 Å². The molecule has 2 aromatic rings. The largest absolute Gasteiger partial charge is 0.453 e. The monoisotopic (exact) mass is 370 g/mol. The van der Waals surface area contributed by atoms with Crippen molar-refractivity contribution in [3.63, 3.8) is 0 Å². The van der Waals surface area contributed by atoms with Crippen LogP contribution in [-0.2, 0) is 22.1 Å². The highest BCUT2D eigenvalue weighted by molar-refractivity contribution is 5.93. The second kappa shape index (κ2) is 7.85. The summed E-state index contributed by atoms with van der Waals surface area (Å²) in [6, 6.07) is 7.70. The number of alkyl halides is 3. The highest BCUT2D eigenvalue weighted by Crippen LogP contribution is 2.29. The third-order valence-electron chi connectivity index (χ3n) is 3.32. The lowest BCUT2D eigenvalue weighted by molar-refractivity contribution is -0.137. The van der Waals surface area contributed by atoms with Gasteiger partial charge in [0.2, 0.25) is 5.91 Å². The molecule has 0 aliphatic carbocycles. The van der Waals surface area contributed by atoms with Crippen molar-refractivity contribution in [1.29, 1.82) is 0 Å². The third kappa shape index (κ3) is 5.20. The molecule has 0 fully saturated rings. The number of hydrogen-bond donors (Lipinski definition) is 2. The normalized spacial score (nSPS) is 11.0. The molecular weight excluding hydrogens is 356 g/mol. The first-order chi connectivity index (χ1) is 12.2. The van der Waals surface area contributed by atoms with Gasteiger partial charge in [0.15, 0.2) is 0 Å². The zero-order valence-corrected chi connectivity index (χ0v) is 13.5. The molecule has 0 aliphatic heterocycles. The maximum atomic E-state index is 13.6. The zero-order chi connectivity index (χ0) is 19.3. The van der Waals surface area contributed by atoms with Gasteiger partial charge < -0.3 is 10.1 Å². The molecule has 2 amide bonds. The van der Waals surface area contributed by atoms with Gasteiger partial charge in [-0.25, -0.2) is 9.18 Å². The summed E-state index contributed by atoms with van der Waals surface area (Å²) in [4.78, 5) is 23.1. The maximum absolute atomic E-state index is 13.6. The van der Waals surface area contributed by atoms with Gasteiger partial charge in [-0.1, -0.05) is 12.1 Å². The Balaban J connectivity index is 2.03. The standard InChI is InChI=1S/C17H14F4N2O3/c1-26-16(25)23-14-9-12(6-7-13(14)18)22-15(24)8-10-2-4-11(5-3-10)17(19,20)21/h2-7,9H,8H2,1H3,(H,22,24)(H,23,25). The van der Waals surface area contributed by atoms with E-state index in [-0.39, 0.29) is 17.8 Å². The van der Waals surface area contributed by atoms with Gasteiger partial charge in [-0.05, 0) is 35.9 Å². The van der Waals surface area contributed by atoms with E-state index in [0.717, 1.165) is 25.3 Å². The van der Waals surface area contributed by atoms with Crippen molar-refractivity contribution in [2.24, 2.45) is 0 Å². The van der Waals surface area contributed by atoms with Crippen LogP contribution in [0.1, 0.15) is 11.1 Å². The van der Waals surface area contributed by atoms with Crippen LogP contribution in [0.5, 0.6) is 0 Å². The first kappa shape index (κ1) is 19.2. The van der Waals surface area contributed by atoms with Crippen LogP contribution in [0, 0.1) is 5.82 Å². The van der Waals surface area contributed by atoms with Crippen LogP contribution in [0.3, 0.4) is 0 Å². The highest BCUT2D eigenvalue weighted by atomic mass is 19.4. The van der Waals surface area contributed by atoms with Gasteiger partial charge in [-0.2, -0.15) is 13.2 Å². The van der Waals surface area contributed by atoms with Gasteiger partial charge in [0.05, 0.1) is 24.8 Å². The first-order valence-electron chi connectivity index (χ1n) is 7.29. The molecule has 0 aromatic heterocycles. The van der Waals surface area contributed by atoms with E-state index in [1.54, 1.807) is 0 Å². The molecule has 2 aromatic carbocycles. The van der Waals surface area contributed by atoms with Crippen LogP contribution < -0.4 is 10.6 Å². The molecular formula is C17H14F4N2O3. The SMILES string of the molecule is COC(=O)Nc1cc(NC(=O)Cc2ccc(C(F)(F)F)cc2)ccc1F. The Kier molecular flexibility index (Phi) is 5.81. The lowest BCUT2D eigenvalue weighted by atomic mass is 10.1. The zero-order valence-electron chi connectivity index (χ0n) is 13.5. The van der Waals surface area contributed by atoms with Crippen LogP contribution in [0.2, 0.25) is 0 Å². The smallest absolute Gasteiger partial charge is 0.416 e. The van der Waals surface area contributed by atoms with Crippen LogP contribution in [0.15, 0.2) is 42.5 Å². The van der Waals surface area contributed by atoms with E-state index in [1.165, 1.54) is 24.3 Å². The van der Waals surface area contributed by atoms with E-state index in [4.69, 9.17) is 0 Å². The van der Waals surface area contributed by atoms with Gasteiger partial charge in [-0.15, -0.1) is 0 Å². The quantitative estimate of drug-likeness (QED) is 0.793. The molecule has 26 heavy (non-hydrogen) atoms. The highest BCUT2D eigenvalue weighted by Gasteiger charge is 2.29. The fraction of sp³-hybridized carbons (Fsp3) is 0.176. The topological polar surface area (TPSA) is 67.4 Å². The minimum absolute atomic E-state index is 0.171. The molecule has 9 heteroatoms. The summed E-state index contributed by atoms with van der Waals surface area (Å²) in [7, 11) is 1.11. The Morgan fingerprint density at radius 3 is 2.27 bits per heavy atom. The van der Waals surface area contributed by atoms with Crippen LogP contribution in [0.25, 0.3) is 0 Å². The number of amides is 2. The number of carbonyl (C=O) groups is 2. The van der Waals surface area contributed by atoms with Crippen molar-refractivity contribution in [1.82, 2.24) is 0 Å². The Bertz CT molecular complexity index is 805. The second-order valence-corrected chi connectivity index (χ2v) is 5.23. The van der Waals surface area contributed by atoms with Crippen molar-refractivity contribution in [2.45, 2.75) is 12.6 Å². The molecule has 0 aliphatic rings. The number of methoxy groups -OCH3 is 1. The molecule has 5 nitrogen and oxygen atoms in total. The molecule has 2 rings (SSSR count). The van der Waals surface area contributed by atoms with Gasteiger partial charge in [0, 0.05) is 5.69 Å². The summed E-state index contributed by atoms with van der Waals surface area (Å²) in [5, 5.41) is 4.62. The first-order valence-corrected chi connectivity index (χ1v) is 7.29. The number of hydrogen-bond acceptors (Lipinski definition) is 3. The van der Waals surface area contributed by atoms with E-state index < -0.39 is 29.6 Å². The minimum Gasteiger partial charge on any atom is -0.453 e. The van der Waals surface area contributed by atoms with Gasteiger partial charge >= 0.3 is 12.3 Å². The number of carbonyl (C=O) groups excluding carboxylic acids is 2. The van der Waals surface area contributed by atoms with Crippen LogP contribution in [0.4, 0.5) is 33.7 Å². The Labute approximate surface area is 146 Å². The Morgan fingerprint density at radius 1 is 1.04 bits per heavy atom. The number of halogens is 4. The van der Waals surface area contributed by atoms with E-state index in [2.05, 4.69) is 15.4 Å². The van der Waals surface area contributed by atoms with Gasteiger partial charge in [-0.3, -0.25) is 10.1 Å². The predicted octanol–water partition coefficient (Wildman–Crippen LogP) is 4.20. The number of anilines is 2. The summed E-state index contributed by atoms with van der Waals surface area (Å²) < 4.78 is 55.5. The third-order valence-corrected chi connectivity index (χ3v) is 3.32. The molecule has 0 saturated carbocycles. The second-order valence-electron chi connectivity index (χ2n) is 5.23. The summed E-state index contributed by atoms with van der Waals surface area (Å²) in [5.74, 6) is -1.24. The molecule has 0 atom stereocenters. The number of nitrogens with one attached hydrogen (secondary N) is 2. The molecule has 138 valence electrons. The fourth-order valence-electron chi connectivity index (χ4n) is 2.06. The molecule has 2 N–H and O–H groups in total. The Hall–Kier alpha value is -3.10. The predicted molar refractivity (Wildman–Crippen MR) is 86.2 cm³/mol. The van der Waals surface area contributed by atoms with Crippen molar-refractivity contribution >= 4 is 23.4 Å². The van der Waals surface area contributed by atoms with E-state index in [9.17, 15) is 27.2 Å². The summed E-state index contributed by atoms with van der Waals surface area (Å²) in [6.45, 7) is 0. The van der Waals surface area contributed by atoms with Crippen molar-refractivity contribution in [2.75, 3.05) is 17.7 Å². The average molecular weight is 370 g/mol. The van der Waals surface area contributed by atoms with E-state index >= 15 is 0 Å². The van der Waals surface area contributed by atoms with E-state index in [0.29, 0.717) is 5.56 Å². The molecule has 0 bridgehead atoms. The van der Waals surface area contributed by atoms with Crippen LogP contribution in [-0.4, -0.2) is 19.1 Å². The maximum Gasteiger partial charge on any atom is 0.416 e. The average Bonchev–Trinajstić information content (AvgIpc) is 2.57. The Morgan fingerprint density at radius 2 is 1.69 bits per heavy atom. The van der Waals surface area contributed by atoms with Crippen molar-refractivity contribution < 1.29 is 31.9 Å². The lowest BCUT2D eigenvalue weighted by Crippen LogP contribution is -2.16. The minimum atomic E-state index is -4.45. The molecule has 0 spiro atoms. The number of rotatable bonds is 4. The molecule has 0 unspecified atom stereocenters. The number of benzene rings is 2. The van der Waals surface area contributed by atoms with Crippen LogP contribution >= 0.6 is 0 Å².